The molecule has 1 atom stereocenters. The number of aromatic nitrogens is 3. The second-order valence-corrected chi connectivity index (χ2v) is 5.98. The van der Waals surface area contributed by atoms with Gasteiger partial charge in [0.15, 0.2) is 11.3 Å². The summed E-state index contributed by atoms with van der Waals surface area (Å²) in [6, 6.07) is 1.98. The predicted octanol–water partition coefficient (Wildman–Crippen LogP) is 1.89. The summed E-state index contributed by atoms with van der Waals surface area (Å²) in [4.78, 5) is 17.9. The summed E-state index contributed by atoms with van der Waals surface area (Å²) in [5.41, 5.74) is 3.97. The molecule has 0 aromatic carbocycles. The molecule has 0 saturated carbocycles. The highest BCUT2D eigenvalue weighted by atomic mass is 35.5. The molecule has 2 aromatic rings. The van der Waals surface area contributed by atoms with Crippen LogP contribution in [-0.2, 0) is 12.7 Å². The van der Waals surface area contributed by atoms with Gasteiger partial charge in [-0.2, -0.15) is 17.7 Å². The molecule has 1 saturated heterocycles. The molecular formula is C16H19ClF3N5O. The second kappa shape index (κ2) is 7.60. The lowest BCUT2D eigenvalue weighted by molar-refractivity contribution is -0.141. The van der Waals surface area contributed by atoms with Crippen LogP contribution in [0.4, 0.5) is 19.0 Å². The highest BCUT2D eigenvalue weighted by Gasteiger charge is 2.34. The Morgan fingerprint density at radius 1 is 1.38 bits per heavy atom. The zero-order valence-corrected chi connectivity index (χ0v) is 14.9. The first-order valence-corrected chi connectivity index (χ1v) is 7.92. The van der Waals surface area contributed by atoms with E-state index in [0.717, 1.165) is 17.4 Å². The van der Waals surface area contributed by atoms with Crippen LogP contribution >= 0.6 is 12.4 Å². The molecule has 0 spiro atoms. The Hall–Kier alpha value is -2.18. The minimum Gasteiger partial charge on any atom is -0.355 e. The molecular weight excluding hydrogens is 371 g/mol. The number of nitrogens with two attached hydrogens (primary N) is 1. The van der Waals surface area contributed by atoms with Gasteiger partial charge in [0.05, 0.1) is 0 Å². The van der Waals surface area contributed by atoms with Gasteiger partial charge in [0.25, 0.3) is 5.56 Å². The number of fused-ring (bicyclic) bond motifs is 1. The summed E-state index contributed by atoms with van der Waals surface area (Å²) < 4.78 is 41.5. The van der Waals surface area contributed by atoms with Crippen LogP contribution in [0.2, 0.25) is 0 Å². The lowest BCUT2D eigenvalue weighted by atomic mass is 10.1. The van der Waals surface area contributed by atoms with Crippen molar-refractivity contribution in [2.45, 2.75) is 38.5 Å². The Bertz CT molecular complexity index is 909. The largest absolute Gasteiger partial charge is 0.433 e. The topological polar surface area (TPSA) is 68.6 Å². The van der Waals surface area contributed by atoms with E-state index in [9.17, 15) is 18.0 Å². The third-order valence-electron chi connectivity index (χ3n) is 4.16. The Morgan fingerprint density at radius 2 is 2.12 bits per heavy atom. The van der Waals surface area contributed by atoms with Crippen molar-refractivity contribution in [2.24, 2.45) is 5.73 Å². The number of piperidine rings is 1. The van der Waals surface area contributed by atoms with E-state index in [0.29, 0.717) is 25.0 Å². The molecule has 0 bridgehead atoms. The van der Waals surface area contributed by atoms with Gasteiger partial charge in [0, 0.05) is 31.3 Å². The molecule has 1 aliphatic rings. The van der Waals surface area contributed by atoms with Crippen LogP contribution in [0.25, 0.3) is 5.65 Å². The minimum atomic E-state index is -4.67. The SMILES string of the molecule is CC#CCn1c(N2CCC[C@@H](N)C2)cc2nc(C(F)(F)F)cc(=O)n21.Cl. The standard InChI is InChI=1S/C16H18F3N5O.ClH/c1-2-3-7-23-14(22-6-4-5-11(20)10-22)9-13-21-12(16(17,18)19)8-15(25)24(13)23;/h8-9,11H,4-7,10,20H2,1H3;1H/t11-;/m1./s1. The van der Waals surface area contributed by atoms with Crippen LogP contribution in [0.1, 0.15) is 25.5 Å². The fraction of sp³-hybridized carbons (Fsp3) is 0.500. The van der Waals surface area contributed by atoms with Crippen molar-refractivity contribution in [3.63, 3.8) is 0 Å². The summed E-state index contributed by atoms with van der Waals surface area (Å²) in [6.07, 6.45) is -2.91. The quantitative estimate of drug-likeness (QED) is 0.796. The second-order valence-electron chi connectivity index (χ2n) is 5.98. The van der Waals surface area contributed by atoms with Crippen LogP contribution in [0, 0.1) is 11.8 Å². The van der Waals surface area contributed by atoms with E-state index in [1.165, 1.54) is 6.07 Å². The van der Waals surface area contributed by atoms with Crippen LogP contribution < -0.4 is 16.2 Å². The number of hydrogen-bond donors (Lipinski definition) is 1. The molecule has 0 amide bonds. The zero-order chi connectivity index (χ0) is 18.2. The van der Waals surface area contributed by atoms with E-state index in [4.69, 9.17) is 5.73 Å². The van der Waals surface area contributed by atoms with Gasteiger partial charge in [-0.05, 0) is 19.8 Å². The summed E-state index contributed by atoms with van der Waals surface area (Å²) in [5.74, 6) is 6.18. The number of halogens is 4. The molecule has 10 heteroatoms. The average molecular weight is 390 g/mol. The predicted molar refractivity (Wildman–Crippen MR) is 94.6 cm³/mol. The van der Waals surface area contributed by atoms with Crippen LogP contribution in [0.3, 0.4) is 0 Å². The van der Waals surface area contributed by atoms with Crippen molar-refractivity contribution in [1.29, 1.82) is 0 Å². The van der Waals surface area contributed by atoms with Gasteiger partial charge in [0.1, 0.15) is 12.4 Å². The molecule has 0 aliphatic carbocycles. The summed E-state index contributed by atoms with van der Waals surface area (Å²) in [5, 5.41) is 0. The number of rotatable bonds is 2. The number of hydrogen-bond acceptors (Lipinski definition) is 4. The van der Waals surface area contributed by atoms with Gasteiger partial charge in [-0.3, -0.25) is 4.79 Å². The van der Waals surface area contributed by atoms with E-state index in [2.05, 4.69) is 16.8 Å². The molecule has 3 heterocycles. The van der Waals surface area contributed by atoms with Crippen molar-refractivity contribution < 1.29 is 13.2 Å². The van der Waals surface area contributed by atoms with Gasteiger partial charge in [-0.15, -0.1) is 18.3 Å². The van der Waals surface area contributed by atoms with E-state index >= 15 is 0 Å². The van der Waals surface area contributed by atoms with Gasteiger partial charge in [0.2, 0.25) is 0 Å². The molecule has 2 N–H and O–H groups in total. The molecule has 2 aromatic heterocycles. The number of alkyl halides is 3. The fourth-order valence-electron chi connectivity index (χ4n) is 3.05. The maximum absolute atomic E-state index is 12.9. The minimum absolute atomic E-state index is 0. The normalized spacial score (nSPS) is 17.6. The summed E-state index contributed by atoms with van der Waals surface area (Å²) in [6.45, 7) is 3.11. The molecule has 142 valence electrons. The monoisotopic (exact) mass is 389 g/mol. The highest BCUT2D eigenvalue weighted by molar-refractivity contribution is 5.85. The maximum atomic E-state index is 12.9. The third-order valence-corrected chi connectivity index (χ3v) is 4.16. The number of anilines is 1. The van der Waals surface area contributed by atoms with Crippen molar-refractivity contribution >= 4 is 23.9 Å². The van der Waals surface area contributed by atoms with E-state index in [-0.39, 0.29) is 30.6 Å². The van der Waals surface area contributed by atoms with Crippen molar-refractivity contribution in [2.75, 3.05) is 18.0 Å². The average Bonchev–Trinajstić information content (AvgIpc) is 2.91. The lowest BCUT2D eigenvalue weighted by Crippen LogP contribution is -2.44. The Labute approximate surface area is 154 Å². The van der Waals surface area contributed by atoms with Crippen LogP contribution in [-0.4, -0.2) is 33.3 Å². The van der Waals surface area contributed by atoms with Crippen molar-refractivity contribution in [1.82, 2.24) is 14.2 Å². The number of nitrogens with zero attached hydrogens (tertiary/aromatic N) is 4. The third kappa shape index (κ3) is 3.81. The van der Waals surface area contributed by atoms with Gasteiger partial charge in [-0.25, -0.2) is 9.67 Å². The maximum Gasteiger partial charge on any atom is 0.433 e. The fourth-order valence-corrected chi connectivity index (χ4v) is 3.05. The molecule has 6 nitrogen and oxygen atoms in total. The first-order chi connectivity index (χ1) is 11.8. The van der Waals surface area contributed by atoms with Gasteiger partial charge >= 0.3 is 6.18 Å². The molecule has 1 fully saturated rings. The van der Waals surface area contributed by atoms with Crippen molar-refractivity contribution in [3.8, 4) is 11.8 Å². The lowest BCUT2D eigenvalue weighted by Gasteiger charge is -2.32. The summed E-state index contributed by atoms with van der Waals surface area (Å²) >= 11 is 0. The Morgan fingerprint density at radius 3 is 2.73 bits per heavy atom. The zero-order valence-electron chi connectivity index (χ0n) is 14.1. The Balaban J connectivity index is 0.00000243. The van der Waals surface area contributed by atoms with E-state index in [1.54, 1.807) is 11.6 Å². The van der Waals surface area contributed by atoms with Crippen LogP contribution in [0.5, 0.6) is 0 Å². The molecule has 0 radical (unpaired) electrons. The first kappa shape index (κ1) is 20.1. The molecule has 3 rings (SSSR count). The first-order valence-electron chi connectivity index (χ1n) is 7.92. The van der Waals surface area contributed by atoms with Crippen LogP contribution in [0.15, 0.2) is 16.9 Å². The van der Waals surface area contributed by atoms with Gasteiger partial charge in [-0.1, -0.05) is 5.92 Å². The molecule has 26 heavy (non-hydrogen) atoms. The van der Waals surface area contributed by atoms with E-state index < -0.39 is 17.4 Å². The highest BCUT2D eigenvalue weighted by Crippen LogP contribution is 2.28. The Kier molecular flexibility index (Phi) is 5.88. The molecule has 0 unspecified atom stereocenters. The smallest absolute Gasteiger partial charge is 0.355 e. The van der Waals surface area contributed by atoms with Crippen molar-refractivity contribution in [3.05, 3.63) is 28.2 Å². The molecule has 1 aliphatic heterocycles. The summed E-state index contributed by atoms with van der Waals surface area (Å²) in [7, 11) is 0. The van der Waals surface area contributed by atoms with Gasteiger partial charge < -0.3 is 10.6 Å². The van der Waals surface area contributed by atoms with E-state index in [1.807, 2.05) is 4.90 Å².